The monoisotopic (exact) mass is 575 g/mol. The number of nitrogens with zero attached hydrogens (tertiary/aromatic N) is 1. The Morgan fingerprint density at radius 1 is 1.03 bits per heavy atom. The van der Waals surface area contributed by atoms with Crippen LogP contribution in [0.25, 0.3) is 0 Å². The SMILES string of the molecule is CC(C)(C)CC(C)(C)NCC1(O)CN(Cc2ccc(F)c(F)c2Nc2ccc(I)cc2F)C1. The van der Waals surface area contributed by atoms with Gasteiger partial charge in [0.1, 0.15) is 11.4 Å². The van der Waals surface area contributed by atoms with Gasteiger partial charge in [-0.1, -0.05) is 26.8 Å². The van der Waals surface area contributed by atoms with Crippen LogP contribution >= 0.6 is 22.6 Å². The Morgan fingerprint density at radius 2 is 1.70 bits per heavy atom. The predicted octanol–water partition coefficient (Wildman–Crippen LogP) is 5.80. The molecule has 0 saturated carbocycles. The van der Waals surface area contributed by atoms with Crippen molar-refractivity contribution in [3.8, 4) is 0 Å². The van der Waals surface area contributed by atoms with Gasteiger partial charge in [-0.15, -0.1) is 0 Å². The quantitative estimate of drug-likeness (QED) is 0.349. The van der Waals surface area contributed by atoms with Crippen LogP contribution in [0.1, 0.15) is 46.6 Å². The highest BCUT2D eigenvalue weighted by atomic mass is 127. The third-order valence-corrected chi connectivity index (χ3v) is 6.34. The number of nitrogens with one attached hydrogen (secondary N) is 2. The molecule has 0 aliphatic carbocycles. The summed E-state index contributed by atoms with van der Waals surface area (Å²) >= 11 is 1.98. The molecule has 0 amide bonds. The van der Waals surface area contributed by atoms with Crippen molar-refractivity contribution in [2.75, 3.05) is 25.0 Å². The number of β-amino-alcohol motifs (C(OH)–C–C–N with tert-alkyl or cyclic N) is 1. The van der Waals surface area contributed by atoms with Crippen LogP contribution in [0.4, 0.5) is 24.5 Å². The van der Waals surface area contributed by atoms with Gasteiger partial charge in [-0.2, -0.15) is 0 Å². The maximum Gasteiger partial charge on any atom is 0.182 e. The van der Waals surface area contributed by atoms with Crippen molar-refractivity contribution in [3.63, 3.8) is 0 Å². The largest absolute Gasteiger partial charge is 0.386 e. The van der Waals surface area contributed by atoms with Crippen LogP contribution in [-0.4, -0.2) is 40.8 Å². The lowest BCUT2D eigenvalue weighted by Gasteiger charge is -2.48. The Hall–Kier alpha value is -1.36. The van der Waals surface area contributed by atoms with E-state index in [0.29, 0.717) is 35.3 Å². The first-order chi connectivity index (χ1) is 15.2. The molecule has 1 saturated heterocycles. The van der Waals surface area contributed by atoms with Gasteiger partial charge in [0.05, 0.1) is 11.4 Å². The third-order valence-electron chi connectivity index (χ3n) is 5.67. The molecule has 1 aliphatic heterocycles. The van der Waals surface area contributed by atoms with Gasteiger partial charge in [0, 0.05) is 35.3 Å². The van der Waals surface area contributed by atoms with Crippen LogP contribution < -0.4 is 10.6 Å². The molecular formula is C25H33F3IN3O. The molecule has 33 heavy (non-hydrogen) atoms. The fraction of sp³-hybridized carbons (Fsp3) is 0.520. The highest BCUT2D eigenvalue weighted by Crippen LogP contribution is 2.32. The number of anilines is 2. The van der Waals surface area contributed by atoms with Crippen LogP contribution in [0, 0.1) is 26.4 Å². The predicted molar refractivity (Wildman–Crippen MR) is 135 cm³/mol. The first-order valence-electron chi connectivity index (χ1n) is 11.1. The number of benzene rings is 2. The summed E-state index contributed by atoms with van der Waals surface area (Å²) in [5.74, 6) is -2.59. The van der Waals surface area contributed by atoms with E-state index < -0.39 is 23.1 Å². The first kappa shape index (κ1) is 26.2. The van der Waals surface area contributed by atoms with E-state index in [2.05, 4.69) is 45.3 Å². The lowest BCUT2D eigenvalue weighted by atomic mass is 9.81. The standard InChI is InChI=1S/C25H33F3IN3O/c1-23(2,3)12-24(4,5)30-13-25(33)14-32(15-25)11-16-6-8-18(26)21(28)22(16)31-20-9-7-17(29)10-19(20)27/h6-10,30-31,33H,11-15H2,1-5H3. The molecule has 3 N–H and O–H groups in total. The third kappa shape index (κ3) is 7.07. The number of hydrogen-bond donors (Lipinski definition) is 3. The van der Waals surface area contributed by atoms with Crippen molar-refractivity contribution in [1.82, 2.24) is 10.2 Å². The van der Waals surface area contributed by atoms with E-state index in [4.69, 9.17) is 0 Å². The maximum atomic E-state index is 14.6. The highest BCUT2D eigenvalue weighted by molar-refractivity contribution is 14.1. The molecule has 0 bridgehead atoms. The van der Waals surface area contributed by atoms with Gasteiger partial charge in [-0.25, -0.2) is 13.2 Å². The van der Waals surface area contributed by atoms with E-state index >= 15 is 0 Å². The van der Waals surface area contributed by atoms with Crippen LogP contribution in [0.15, 0.2) is 30.3 Å². The minimum absolute atomic E-state index is 0.0755. The van der Waals surface area contributed by atoms with Crippen LogP contribution in [-0.2, 0) is 6.54 Å². The normalized spacial score (nSPS) is 16.5. The molecule has 3 rings (SSSR count). The Labute approximate surface area is 208 Å². The lowest BCUT2D eigenvalue weighted by Crippen LogP contribution is -2.67. The summed E-state index contributed by atoms with van der Waals surface area (Å²) in [4.78, 5) is 1.96. The fourth-order valence-corrected chi connectivity index (χ4v) is 5.08. The molecule has 0 radical (unpaired) electrons. The smallest absolute Gasteiger partial charge is 0.182 e. The molecule has 2 aromatic carbocycles. The molecular weight excluding hydrogens is 542 g/mol. The average molecular weight is 575 g/mol. The van der Waals surface area contributed by atoms with Crippen LogP contribution in [0.2, 0.25) is 0 Å². The van der Waals surface area contributed by atoms with Crippen molar-refractivity contribution >= 4 is 34.0 Å². The molecule has 8 heteroatoms. The van der Waals surface area contributed by atoms with E-state index in [1.54, 1.807) is 6.07 Å². The second-order valence-corrected chi connectivity index (χ2v) is 12.2. The molecule has 0 atom stereocenters. The summed E-state index contributed by atoms with van der Waals surface area (Å²) < 4.78 is 43.6. The summed E-state index contributed by atoms with van der Waals surface area (Å²) in [5.41, 5.74) is -0.360. The summed E-state index contributed by atoms with van der Waals surface area (Å²) in [7, 11) is 0. The molecule has 1 heterocycles. The number of rotatable bonds is 8. The number of aliphatic hydroxyl groups is 1. The van der Waals surface area contributed by atoms with Gasteiger partial charge in [0.2, 0.25) is 0 Å². The molecule has 1 fully saturated rings. The van der Waals surface area contributed by atoms with E-state index in [9.17, 15) is 18.3 Å². The van der Waals surface area contributed by atoms with Crippen molar-refractivity contribution in [3.05, 3.63) is 56.9 Å². The van der Waals surface area contributed by atoms with Crippen molar-refractivity contribution in [2.45, 2.75) is 58.7 Å². The zero-order chi connectivity index (χ0) is 24.6. The Kier molecular flexibility index (Phi) is 7.73. The zero-order valence-electron chi connectivity index (χ0n) is 19.8. The summed E-state index contributed by atoms with van der Waals surface area (Å²) in [6.07, 6.45) is 0.957. The van der Waals surface area contributed by atoms with Gasteiger partial charge < -0.3 is 15.7 Å². The van der Waals surface area contributed by atoms with E-state index in [1.165, 1.54) is 18.2 Å². The molecule has 2 aromatic rings. The zero-order valence-corrected chi connectivity index (χ0v) is 22.0. The summed E-state index contributed by atoms with van der Waals surface area (Å²) in [6.45, 7) is 12.4. The van der Waals surface area contributed by atoms with Crippen LogP contribution in [0.5, 0.6) is 0 Å². The number of likely N-dealkylation sites (tertiary alicyclic amines) is 1. The number of halogens is 4. The Bertz CT molecular complexity index is 1000. The van der Waals surface area contributed by atoms with Crippen LogP contribution in [0.3, 0.4) is 0 Å². The van der Waals surface area contributed by atoms with E-state index in [-0.39, 0.29) is 22.3 Å². The van der Waals surface area contributed by atoms with Gasteiger partial charge in [0.15, 0.2) is 11.6 Å². The van der Waals surface area contributed by atoms with Gasteiger partial charge >= 0.3 is 0 Å². The molecule has 182 valence electrons. The average Bonchev–Trinajstić information content (AvgIpc) is 2.64. The van der Waals surface area contributed by atoms with Crippen molar-refractivity contribution in [1.29, 1.82) is 0 Å². The molecule has 0 aromatic heterocycles. The van der Waals surface area contributed by atoms with Gasteiger partial charge in [-0.3, -0.25) is 4.90 Å². The van der Waals surface area contributed by atoms with E-state index in [1.807, 2.05) is 27.5 Å². The second kappa shape index (κ2) is 9.71. The summed E-state index contributed by atoms with van der Waals surface area (Å²) in [6, 6.07) is 7.07. The molecule has 4 nitrogen and oxygen atoms in total. The van der Waals surface area contributed by atoms with Crippen molar-refractivity contribution in [2.24, 2.45) is 5.41 Å². The minimum atomic E-state index is -1.05. The highest BCUT2D eigenvalue weighted by Gasteiger charge is 2.42. The minimum Gasteiger partial charge on any atom is -0.386 e. The number of hydrogen-bond acceptors (Lipinski definition) is 4. The summed E-state index contributed by atoms with van der Waals surface area (Å²) in [5, 5.41) is 17.1. The van der Waals surface area contributed by atoms with Gasteiger partial charge in [0.25, 0.3) is 0 Å². The molecule has 0 unspecified atom stereocenters. The van der Waals surface area contributed by atoms with Gasteiger partial charge in [-0.05, 0) is 78.1 Å². The van der Waals surface area contributed by atoms with E-state index in [0.717, 1.165) is 12.5 Å². The maximum absolute atomic E-state index is 14.6. The Morgan fingerprint density at radius 3 is 2.30 bits per heavy atom. The lowest BCUT2D eigenvalue weighted by molar-refractivity contribution is -0.102. The van der Waals surface area contributed by atoms with Crippen molar-refractivity contribution < 1.29 is 18.3 Å². The topological polar surface area (TPSA) is 47.5 Å². The molecule has 1 aliphatic rings. The first-order valence-corrected chi connectivity index (χ1v) is 12.1. The fourth-order valence-electron chi connectivity index (χ4n) is 4.63. The second-order valence-electron chi connectivity index (χ2n) is 11.0. The molecule has 0 spiro atoms. The Balaban J connectivity index is 1.66.